The summed E-state index contributed by atoms with van der Waals surface area (Å²) in [4.78, 5) is 12.3. The molecule has 0 fully saturated rings. The molecule has 1 aromatic heterocycles. The summed E-state index contributed by atoms with van der Waals surface area (Å²) in [6, 6.07) is 5.80. The monoisotopic (exact) mass is 409 g/mol. The first-order valence-electron chi connectivity index (χ1n) is 8.28. The molecule has 1 heterocycles. The van der Waals surface area contributed by atoms with Gasteiger partial charge in [-0.2, -0.15) is 5.10 Å². The van der Waals surface area contributed by atoms with Crippen molar-refractivity contribution in [3.63, 3.8) is 0 Å². The zero-order chi connectivity index (χ0) is 18.4. The van der Waals surface area contributed by atoms with E-state index in [1.165, 1.54) is 4.68 Å². The minimum atomic E-state index is -0.151. The maximum atomic E-state index is 12.3. The normalized spacial score (nSPS) is 10.8. The lowest BCUT2D eigenvalue weighted by atomic mass is 10.2. The van der Waals surface area contributed by atoms with Crippen LogP contribution in [0, 0.1) is 0 Å². The van der Waals surface area contributed by atoms with Gasteiger partial charge in [0.2, 0.25) is 0 Å². The Labute approximate surface area is 156 Å². The first kappa shape index (κ1) is 19.3. The lowest BCUT2D eigenvalue weighted by Crippen LogP contribution is -2.26. The van der Waals surface area contributed by atoms with Gasteiger partial charge in [0.25, 0.3) is 5.56 Å². The zero-order valence-electron chi connectivity index (χ0n) is 15.0. The highest BCUT2D eigenvalue weighted by atomic mass is 79.9. The molecular weight excluding hydrogens is 386 g/mol. The second-order valence-electron chi connectivity index (χ2n) is 5.90. The second-order valence-corrected chi connectivity index (χ2v) is 6.70. The number of methoxy groups -OCH3 is 1. The number of nitrogens with one attached hydrogen (secondary N) is 1. The minimum absolute atomic E-state index is 0.0118. The number of halogens is 1. The van der Waals surface area contributed by atoms with E-state index in [1.807, 2.05) is 32.0 Å². The molecule has 136 valence electrons. The van der Waals surface area contributed by atoms with E-state index in [2.05, 4.69) is 33.3 Å². The van der Waals surface area contributed by atoms with Gasteiger partial charge in [0, 0.05) is 6.54 Å². The van der Waals surface area contributed by atoms with E-state index in [-0.39, 0.29) is 11.6 Å². The van der Waals surface area contributed by atoms with Crippen molar-refractivity contribution in [1.82, 2.24) is 9.78 Å². The fourth-order valence-corrected chi connectivity index (χ4v) is 2.71. The largest absolute Gasteiger partial charge is 0.493 e. The van der Waals surface area contributed by atoms with Crippen LogP contribution in [0.4, 0.5) is 5.69 Å². The maximum absolute atomic E-state index is 12.3. The predicted octanol–water partition coefficient (Wildman–Crippen LogP) is 4.00. The standard InChI is InChI=1S/C18H24BrN3O3/c1-5-8-25-16-9-13(6-7-15(16)24-4)10-20-14-11-21-22(12(2)3)18(23)17(14)19/h6-7,9,11-12,20H,5,8,10H2,1-4H3. The molecule has 25 heavy (non-hydrogen) atoms. The SMILES string of the molecule is CCCOc1cc(CNc2cnn(C(C)C)c(=O)c2Br)ccc1OC. The zero-order valence-corrected chi connectivity index (χ0v) is 16.6. The quantitative estimate of drug-likeness (QED) is 0.713. The number of ether oxygens (including phenoxy) is 2. The third-order valence-electron chi connectivity index (χ3n) is 3.61. The van der Waals surface area contributed by atoms with Crippen LogP contribution in [0.2, 0.25) is 0 Å². The molecule has 0 aliphatic carbocycles. The van der Waals surface area contributed by atoms with Crippen LogP contribution in [-0.2, 0) is 6.54 Å². The van der Waals surface area contributed by atoms with Gasteiger partial charge in [-0.25, -0.2) is 4.68 Å². The molecule has 0 saturated heterocycles. The molecule has 0 aliphatic heterocycles. The molecule has 0 spiro atoms. The smallest absolute Gasteiger partial charge is 0.283 e. The number of hydrogen-bond donors (Lipinski definition) is 1. The first-order valence-corrected chi connectivity index (χ1v) is 9.08. The lowest BCUT2D eigenvalue weighted by molar-refractivity contribution is 0.294. The van der Waals surface area contributed by atoms with Crippen LogP contribution < -0.4 is 20.3 Å². The molecule has 1 N–H and O–H groups in total. The maximum Gasteiger partial charge on any atom is 0.283 e. The van der Waals surface area contributed by atoms with E-state index in [0.717, 1.165) is 17.7 Å². The Morgan fingerprint density at radius 2 is 2.08 bits per heavy atom. The molecule has 7 heteroatoms. The van der Waals surface area contributed by atoms with Gasteiger partial charge in [0.05, 0.1) is 31.6 Å². The van der Waals surface area contributed by atoms with Gasteiger partial charge in [-0.1, -0.05) is 13.0 Å². The summed E-state index contributed by atoms with van der Waals surface area (Å²) in [5.74, 6) is 1.43. The number of benzene rings is 1. The van der Waals surface area contributed by atoms with Crippen molar-refractivity contribution in [3.8, 4) is 11.5 Å². The van der Waals surface area contributed by atoms with Crippen LogP contribution in [0.3, 0.4) is 0 Å². The van der Waals surface area contributed by atoms with E-state index >= 15 is 0 Å². The summed E-state index contributed by atoms with van der Waals surface area (Å²) in [6.07, 6.45) is 2.58. The van der Waals surface area contributed by atoms with Gasteiger partial charge in [0.1, 0.15) is 4.47 Å². The molecule has 2 rings (SSSR count). The molecule has 0 radical (unpaired) electrons. The third kappa shape index (κ3) is 4.75. The van der Waals surface area contributed by atoms with Crippen LogP contribution in [0.5, 0.6) is 11.5 Å². The van der Waals surface area contributed by atoms with Crippen molar-refractivity contribution < 1.29 is 9.47 Å². The summed E-state index contributed by atoms with van der Waals surface area (Å²) in [7, 11) is 1.62. The van der Waals surface area contributed by atoms with Crippen molar-refractivity contribution in [2.75, 3.05) is 19.0 Å². The van der Waals surface area contributed by atoms with Crippen LogP contribution in [0.1, 0.15) is 38.8 Å². The summed E-state index contributed by atoms with van der Waals surface area (Å²) in [5.41, 5.74) is 1.53. The van der Waals surface area contributed by atoms with Gasteiger partial charge in [-0.05, 0) is 53.9 Å². The second kappa shape index (κ2) is 8.89. The lowest BCUT2D eigenvalue weighted by Gasteiger charge is -2.14. The highest BCUT2D eigenvalue weighted by Crippen LogP contribution is 2.29. The molecule has 0 atom stereocenters. The summed E-state index contributed by atoms with van der Waals surface area (Å²) < 4.78 is 13.0. The summed E-state index contributed by atoms with van der Waals surface area (Å²) >= 11 is 3.36. The molecule has 0 saturated carbocycles. The third-order valence-corrected chi connectivity index (χ3v) is 4.37. The average Bonchev–Trinajstić information content (AvgIpc) is 2.60. The van der Waals surface area contributed by atoms with Crippen LogP contribution in [0.15, 0.2) is 33.7 Å². The van der Waals surface area contributed by atoms with Crippen molar-refractivity contribution in [2.45, 2.75) is 39.8 Å². The summed E-state index contributed by atoms with van der Waals surface area (Å²) in [5, 5.41) is 7.44. The van der Waals surface area contributed by atoms with Crippen LogP contribution in [-0.4, -0.2) is 23.5 Å². The number of aromatic nitrogens is 2. The molecule has 2 aromatic rings. The molecular formula is C18H24BrN3O3. The summed E-state index contributed by atoms with van der Waals surface area (Å²) in [6.45, 7) is 7.07. The molecule has 6 nitrogen and oxygen atoms in total. The van der Waals surface area contributed by atoms with Crippen molar-refractivity contribution in [3.05, 3.63) is 44.8 Å². The van der Waals surface area contributed by atoms with Gasteiger partial charge < -0.3 is 14.8 Å². The van der Waals surface area contributed by atoms with E-state index in [0.29, 0.717) is 29.1 Å². The molecule has 0 aliphatic rings. The highest BCUT2D eigenvalue weighted by molar-refractivity contribution is 9.10. The van der Waals surface area contributed by atoms with E-state index in [9.17, 15) is 4.79 Å². The first-order chi connectivity index (χ1) is 12.0. The average molecular weight is 410 g/mol. The number of nitrogens with zero attached hydrogens (tertiary/aromatic N) is 2. The topological polar surface area (TPSA) is 65.4 Å². The molecule has 0 amide bonds. The van der Waals surface area contributed by atoms with Gasteiger partial charge >= 0.3 is 0 Å². The van der Waals surface area contributed by atoms with Crippen molar-refractivity contribution in [1.29, 1.82) is 0 Å². The minimum Gasteiger partial charge on any atom is -0.493 e. The molecule has 1 aromatic carbocycles. The Morgan fingerprint density at radius 3 is 2.72 bits per heavy atom. The molecule has 0 bridgehead atoms. The Kier molecular flexibility index (Phi) is 6.87. The number of anilines is 1. The number of hydrogen-bond acceptors (Lipinski definition) is 5. The van der Waals surface area contributed by atoms with Crippen molar-refractivity contribution >= 4 is 21.6 Å². The van der Waals surface area contributed by atoms with Crippen LogP contribution in [0.25, 0.3) is 0 Å². The van der Waals surface area contributed by atoms with E-state index in [1.54, 1.807) is 13.3 Å². The fourth-order valence-electron chi connectivity index (χ4n) is 2.29. The van der Waals surface area contributed by atoms with E-state index < -0.39 is 0 Å². The Bertz CT molecular complexity index is 775. The fraction of sp³-hybridized carbons (Fsp3) is 0.444. The predicted molar refractivity (Wildman–Crippen MR) is 103 cm³/mol. The Hall–Kier alpha value is -2.02. The molecule has 0 unspecified atom stereocenters. The Morgan fingerprint density at radius 1 is 1.32 bits per heavy atom. The van der Waals surface area contributed by atoms with Gasteiger partial charge in [0.15, 0.2) is 11.5 Å². The van der Waals surface area contributed by atoms with Gasteiger partial charge in [-0.15, -0.1) is 0 Å². The van der Waals surface area contributed by atoms with Crippen molar-refractivity contribution in [2.24, 2.45) is 0 Å². The Balaban J connectivity index is 2.16. The van der Waals surface area contributed by atoms with E-state index in [4.69, 9.17) is 9.47 Å². The highest BCUT2D eigenvalue weighted by Gasteiger charge is 2.11. The number of rotatable bonds is 8. The van der Waals surface area contributed by atoms with Gasteiger partial charge in [-0.3, -0.25) is 4.79 Å². The van der Waals surface area contributed by atoms with Crippen LogP contribution >= 0.6 is 15.9 Å².